The summed E-state index contributed by atoms with van der Waals surface area (Å²) >= 11 is 0. The Morgan fingerprint density at radius 1 is 1.62 bits per heavy atom. The van der Waals surface area contributed by atoms with Gasteiger partial charge in [0.05, 0.1) is 0 Å². The molecule has 3 N–H and O–H groups in total. The molecule has 0 aliphatic rings. The minimum absolute atomic E-state index is 0.0925. The third-order valence-electron chi connectivity index (χ3n) is 0.581. The van der Waals surface area contributed by atoms with Crippen molar-refractivity contribution in [3.05, 3.63) is 5.84 Å². The van der Waals surface area contributed by atoms with Gasteiger partial charge in [0.2, 0.25) is 0 Å². The van der Waals surface area contributed by atoms with E-state index in [1.807, 2.05) is 13.8 Å². The SMILES string of the molecule is CN[NH+]([NH-])OC(C)C. The van der Waals surface area contributed by atoms with Gasteiger partial charge >= 0.3 is 0 Å². The van der Waals surface area contributed by atoms with Crippen molar-refractivity contribution in [1.82, 2.24) is 5.43 Å². The van der Waals surface area contributed by atoms with E-state index in [4.69, 9.17) is 10.7 Å². The Bertz CT molecular complexity index is 57.2. The van der Waals surface area contributed by atoms with Crippen LogP contribution >= 0.6 is 0 Å². The summed E-state index contributed by atoms with van der Waals surface area (Å²) in [5.74, 6) is 6.93. The molecule has 0 aromatic rings. The predicted octanol–water partition coefficient (Wildman–Crippen LogP) is -0.687. The van der Waals surface area contributed by atoms with Gasteiger partial charge in [0.15, 0.2) is 0 Å². The van der Waals surface area contributed by atoms with Crippen LogP contribution in [0.4, 0.5) is 0 Å². The van der Waals surface area contributed by atoms with Crippen molar-refractivity contribution in [2.45, 2.75) is 20.0 Å². The van der Waals surface area contributed by atoms with E-state index < -0.39 is 0 Å². The first kappa shape index (κ1) is 7.84. The lowest BCUT2D eigenvalue weighted by Crippen LogP contribution is -3.11. The van der Waals surface area contributed by atoms with Crippen LogP contribution < -0.4 is 10.7 Å². The van der Waals surface area contributed by atoms with Crippen molar-refractivity contribution in [3.63, 3.8) is 0 Å². The van der Waals surface area contributed by atoms with Crippen molar-refractivity contribution in [2.75, 3.05) is 7.05 Å². The summed E-state index contributed by atoms with van der Waals surface area (Å²) in [4.78, 5) is 4.87. The van der Waals surface area contributed by atoms with Crippen LogP contribution in [0.5, 0.6) is 0 Å². The van der Waals surface area contributed by atoms with E-state index >= 15 is 0 Å². The molecule has 1 atom stereocenters. The summed E-state index contributed by atoms with van der Waals surface area (Å²) in [5, 5.41) is 0.125. The van der Waals surface area contributed by atoms with Crippen molar-refractivity contribution in [2.24, 2.45) is 0 Å². The van der Waals surface area contributed by atoms with E-state index in [0.717, 1.165) is 0 Å². The van der Waals surface area contributed by atoms with Gasteiger partial charge in [-0.1, -0.05) is 0 Å². The Labute approximate surface area is 49.5 Å². The van der Waals surface area contributed by atoms with Crippen LogP contribution in [0.25, 0.3) is 5.84 Å². The van der Waals surface area contributed by atoms with Gasteiger partial charge in [-0.2, -0.15) is 10.1 Å². The lowest BCUT2D eigenvalue weighted by molar-refractivity contribution is -1.09. The van der Waals surface area contributed by atoms with Crippen molar-refractivity contribution in [1.29, 1.82) is 0 Å². The molecule has 0 aliphatic heterocycles. The topological polar surface area (TPSA) is 49.5 Å². The first-order valence-corrected chi connectivity index (χ1v) is 2.59. The van der Waals surface area contributed by atoms with Gasteiger partial charge in [-0.15, -0.1) is 5.43 Å². The van der Waals surface area contributed by atoms with Gasteiger partial charge in [0, 0.05) is 7.05 Å². The van der Waals surface area contributed by atoms with Gasteiger partial charge < -0.3 is 5.84 Å². The molecule has 0 amide bonds. The lowest BCUT2D eigenvalue weighted by atomic mass is 10.5. The van der Waals surface area contributed by atoms with Gasteiger partial charge in [0.25, 0.3) is 0 Å². The van der Waals surface area contributed by atoms with E-state index in [1.54, 1.807) is 7.05 Å². The van der Waals surface area contributed by atoms with Gasteiger partial charge in [-0.3, -0.25) is 0 Å². The second kappa shape index (κ2) is 3.80. The maximum atomic E-state index is 6.93. The van der Waals surface area contributed by atoms with E-state index in [2.05, 4.69) is 5.43 Å². The molecule has 0 aliphatic carbocycles. The molecule has 0 radical (unpaired) electrons. The van der Waals surface area contributed by atoms with Crippen LogP contribution in [-0.2, 0) is 4.84 Å². The van der Waals surface area contributed by atoms with Crippen LogP contribution in [0.2, 0.25) is 0 Å². The zero-order chi connectivity index (χ0) is 6.57. The van der Waals surface area contributed by atoms with Crippen molar-refractivity contribution >= 4 is 0 Å². The Balaban J connectivity index is 3.10. The standard InChI is InChI=1S/C4H13N3O/c1-4(2)8-7(5)6-3/h4-7H,1-3H3. The summed E-state index contributed by atoms with van der Waals surface area (Å²) < 4.78 is 0. The predicted molar refractivity (Wildman–Crippen MR) is 30.6 cm³/mol. The summed E-state index contributed by atoms with van der Waals surface area (Å²) in [6.45, 7) is 3.76. The molecule has 4 heteroatoms. The molecular weight excluding hydrogens is 106 g/mol. The van der Waals surface area contributed by atoms with Crippen LogP contribution in [0, 0.1) is 0 Å². The highest BCUT2D eigenvalue weighted by Crippen LogP contribution is 1.75. The van der Waals surface area contributed by atoms with Gasteiger partial charge in [-0.05, 0) is 13.8 Å². The highest BCUT2D eigenvalue weighted by atomic mass is 16.7. The molecule has 8 heavy (non-hydrogen) atoms. The molecule has 0 spiro atoms. The van der Waals surface area contributed by atoms with Crippen LogP contribution in [0.15, 0.2) is 0 Å². The maximum absolute atomic E-state index is 6.93. The molecule has 0 aromatic carbocycles. The molecule has 0 fully saturated rings. The fourth-order valence-electron chi connectivity index (χ4n) is 0.295. The molecule has 0 saturated carbocycles. The van der Waals surface area contributed by atoms with E-state index in [-0.39, 0.29) is 11.4 Å². The van der Waals surface area contributed by atoms with Gasteiger partial charge in [-0.25, -0.2) is 0 Å². The first-order valence-electron chi connectivity index (χ1n) is 2.59. The normalized spacial score (nSPS) is 14.6. The zero-order valence-corrected chi connectivity index (χ0v) is 5.49. The molecular formula is C4H13N3O. The Morgan fingerprint density at radius 3 is 2.25 bits per heavy atom. The molecule has 0 rings (SSSR count). The molecule has 50 valence electrons. The molecule has 0 saturated heterocycles. The number of hydrogen-bond donors (Lipinski definition) is 2. The van der Waals surface area contributed by atoms with Gasteiger partial charge in [0.1, 0.15) is 6.10 Å². The fraction of sp³-hybridized carbons (Fsp3) is 1.00. The van der Waals surface area contributed by atoms with Crippen LogP contribution in [0.3, 0.4) is 0 Å². The second-order valence-corrected chi connectivity index (χ2v) is 1.75. The quantitative estimate of drug-likeness (QED) is 0.483. The molecule has 0 aromatic heterocycles. The maximum Gasteiger partial charge on any atom is 0.113 e. The second-order valence-electron chi connectivity index (χ2n) is 1.75. The number of quaternary nitrogens is 1. The minimum Gasteiger partial charge on any atom is -0.413 e. The summed E-state index contributed by atoms with van der Waals surface area (Å²) in [6.07, 6.45) is 0.0925. The van der Waals surface area contributed by atoms with E-state index in [1.165, 1.54) is 0 Å². The molecule has 0 heterocycles. The Hall–Kier alpha value is -0.160. The Kier molecular flexibility index (Phi) is 3.72. The number of nitrogens with one attached hydrogen (secondary N) is 3. The largest absolute Gasteiger partial charge is 0.413 e. The zero-order valence-electron chi connectivity index (χ0n) is 5.49. The minimum atomic E-state index is 0.0925. The number of hydrogen-bond acceptors (Lipinski definition) is 2. The van der Waals surface area contributed by atoms with Crippen LogP contribution in [0.1, 0.15) is 13.8 Å². The monoisotopic (exact) mass is 119 g/mol. The average Bonchev–Trinajstić information content (AvgIpc) is 1.65. The molecule has 0 bridgehead atoms. The third kappa shape index (κ3) is 4.01. The third-order valence-corrected chi connectivity index (χ3v) is 0.581. The highest BCUT2D eigenvalue weighted by Gasteiger charge is 1.95. The highest BCUT2D eigenvalue weighted by molar-refractivity contribution is 4.25. The average molecular weight is 119 g/mol. The summed E-state index contributed by atoms with van der Waals surface area (Å²) in [7, 11) is 1.66. The van der Waals surface area contributed by atoms with E-state index in [9.17, 15) is 0 Å². The summed E-state index contributed by atoms with van der Waals surface area (Å²) in [5.41, 5.74) is 2.56. The summed E-state index contributed by atoms with van der Waals surface area (Å²) in [6, 6.07) is 0. The van der Waals surface area contributed by atoms with Crippen LogP contribution in [-0.4, -0.2) is 13.2 Å². The van der Waals surface area contributed by atoms with E-state index in [0.29, 0.717) is 0 Å². The lowest BCUT2D eigenvalue weighted by Gasteiger charge is -2.18. The Morgan fingerprint density at radius 2 is 2.12 bits per heavy atom. The molecule has 4 nitrogen and oxygen atoms in total. The molecule has 1 unspecified atom stereocenters. The van der Waals surface area contributed by atoms with Crippen molar-refractivity contribution < 1.29 is 10.1 Å². The smallest absolute Gasteiger partial charge is 0.113 e. The first-order chi connectivity index (χ1) is 3.66. The fourth-order valence-corrected chi connectivity index (χ4v) is 0.295. The number of rotatable bonds is 3. The van der Waals surface area contributed by atoms with Crippen molar-refractivity contribution in [3.8, 4) is 0 Å².